The Morgan fingerprint density at radius 3 is 2.68 bits per heavy atom. The molecule has 0 unspecified atom stereocenters. The molecule has 4 heterocycles. The third kappa shape index (κ3) is 3.34. The van der Waals surface area contributed by atoms with Gasteiger partial charge in [0.15, 0.2) is 5.82 Å². The monoisotopic (exact) mass is 343 g/mol. The highest BCUT2D eigenvalue weighted by molar-refractivity contribution is 5.38. The van der Waals surface area contributed by atoms with Crippen LogP contribution in [0.5, 0.6) is 0 Å². The van der Waals surface area contributed by atoms with Gasteiger partial charge in [-0.2, -0.15) is 0 Å². The largest absolute Gasteiger partial charge is 0.376 e. The fraction of sp³-hybridized carbons (Fsp3) is 0.500. The van der Waals surface area contributed by atoms with Gasteiger partial charge in [-0.05, 0) is 37.1 Å². The average molecular weight is 343 g/mol. The number of likely N-dealkylation sites (tertiary alicyclic amines) is 1. The number of aromatic nitrogens is 3. The lowest BCUT2D eigenvalue weighted by molar-refractivity contribution is 0.0890. The van der Waals surface area contributed by atoms with E-state index in [4.69, 9.17) is 4.74 Å². The second-order valence-electron chi connectivity index (χ2n) is 7.10. The lowest BCUT2D eigenvalue weighted by atomic mass is 9.85. The van der Waals surface area contributed by atoms with Gasteiger partial charge in [-0.3, -0.25) is 9.88 Å². The maximum atomic E-state index is 13.0. The molecular formula is C18H22FN5O. The van der Waals surface area contributed by atoms with Crippen molar-refractivity contribution in [1.29, 1.82) is 0 Å². The Hall–Kier alpha value is -2.12. The SMILES string of the molecule is CN1C[C@@H](COCc2ccncc2)CC12CN(c1ncc(F)cn1)C2. The van der Waals surface area contributed by atoms with Crippen LogP contribution in [0.25, 0.3) is 0 Å². The zero-order valence-corrected chi connectivity index (χ0v) is 14.3. The van der Waals surface area contributed by atoms with Gasteiger partial charge in [-0.1, -0.05) is 0 Å². The van der Waals surface area contributed by atoms with Crippen LogP contribution in [0, 0.1) is 11.7 Å². The molecule has 2 aliphatic rings. The van der Waals surface area contributed by atoms with Gasteiger partial charge in [0.05, 0.1) is 31.1 Å². The maximum absolute atomic E-state index is 13.0. The predicted molar refractivity (Wildman–Crippen MR) is 91.6 cm³/mol. The molecule has 2 aliphatic heterocycles. The van der Waals surface area contributed by atoms with Gasteiger partial charge in [0.1, 0.15) is 0 Å². The highest BCUT2D eigenvalue weighted by Crippen LogP contribution is 2.40. The lowest BCUT2D eigenvalue weighted by Crippen LogP contribution is -2.67. The number of anilines is 1. The van der Waals surface area contributed by atoms with E-state index in [0.29, 0.717) is 18.5 Å². The number of nitrogens with zero attached hydrogens (tertiary/aromatic N) is 5. The van der Waals surface area contributed by atoms with E-state index >= 15 is 0 Å². The fourth-order valence-corrected chi connectivity index (χ4v) is 3.92. The highest BCUT2D eigenvalue weighted by Gasteiger charge is 2.52. The molecule has 7 heteroatoms. The standard InChI is InChI=1S/C18H22FN5O/c1-23-9-15(11-25-10-14-2-4-20-5-3-14)6-18(23)12-24(13-18)17-21-7-16(19)8-22-17/h2-5,7-8,15H,6,9-13H2,1H3/t15-/m0/s1. The van der Waals surface area contributed by atoms with Crippen molar-refractivity contribution < 1.29 is 9.13 Å². The van der Waals surface area contributed by atoms with Crippen molar-refractivity contribution in [3.63, 3.8) is 0 Å². The summed E-state index contributed by atoms with van der Waals surface area (Å²) >= 11 is 0. The zero-order chi connectivity index (χ0) is 17.3. The molecule has 25 heavy (non-hydrogen) atoms. The minimum atomic E-state index is -0.400. The first-order valence-corrected chi connectivity index (χ1v) is 8.55. The Balaban J connectivity index is 1.28. The molecule has 0 N–H and O–H groups in total. The molecule has 0 aliphatic carbocycles. The Bertz CT molecular complexity index is 705. The van der Waals surface area contributed by atoms with E-state index in [9.17, 15) is 4.39 Å². The molecule has 2 aromatic heterocycles. The van der Waals surface area contributed by atoms with E-state index in [1.807, 2.05) is 12.1 Å². The van der Waals surface area contributed by atoms with Crippen LogP contribution in [0.3, 0.4) is 0 Å². The van der Waals surface area contributed by atoms with Crippen molar-refractivity contribution >= 4 is 5.95 Å². The molecule has 2 saturated heterocycles. The van der Waals surface area contributed by atoms with Gasteiger partial charge in [0.2, 0.25) is 5.95 Å². The summed E-state index contributed by atoms with van der Waals surface area (Å²) in [5, 5.41) is 0. The van der Waals surface area contributed by atoms with Gasteiger partial charge >= 0.3 is 0 Å². The summed E-state index contributed by atoms with van der Waals surface area (Å²) in [4.78, 5) is 16.7. The Morgan fingerprint density at radius 1 is 1.24 bits per heavy atom. The number of ether oxygens (including phenoxy) is 1. The molecule has 0 bridgehead atoms. The molecular weight excluding hydrogens is 321 g/mol. The number of hydrogen-bond acceptors (Lipinski definition) is 6. The summed E-state index contributed by atoms with van der Waals surface area (Å²) < 4.78 is 18.9. The van der Waals surface area contributed by atoms with Crippen LogP contribution in [0.4, 0.5) is 10.3 Å². The normalized spacial score (nSPS) is 22.3. The molecule has 1 spiro atoms. The fourth-order valence-electron chi connectivity index (χ4n) is 3.92. The molecule has 132 valence electrons. The van der Waals surface area contributed by atoms with E-state index in [-0.39, 0.29) is 5.54 Å². The molecule has 2 aromatic rings. The molecule has 0 saturated carbocycles. The summed E-state index contributed by atoms with van der Waals surface area (Å²) in [7, 11) is 2.17. The van der Waals surface area contributed by atoms with Crippen LogP contribution in [-0.4, -0.2) is 58.7 Å². The van der Waals surface area contributed by atoms with Gasteiger partial charge < -0.3 is 9.64 Å². The van der Waals surface area contributed by atoms with Crippen LogP contribution >= 0.6 is 0 Å². The minimum absolute atomic E-state index is 0.169. The van der Waals surface area contributed by atoms with E-state index in [1.165, 1.54) is 12.4 Å². The molecule has 0 radical (unpaired) electrons. The summed E-state index contributed by atoms with van der Waals surface area (Å²) in [5.74, 6) is 0.740. The van der Waals surface area contributed by atoms with E-state index < -0.39 is 5.82 Å². The number of rotatable bonds is 5. The minimum Gasteiger partial charge on any atom is -0.376 e. The Labute approximate surface area is 146 Å². The number of hydrogen-bond donors (Lipinski definition) is 0. The highest BCUT2D eigenvalue weighted by atomic mass is 19.1. The summed E-state index contributed by atoms with van der Waals surface area (Å²) in [6.07, 6.45) is 7.13. The van der Waals surface area contributed by atoms with Crippen molar-refractivity contribution in [1.82, 2.24) is 19.9 Å². The Kier molecular flexibility index (Phi) is 4.35. The van der Waals surface area contributed by atoms with Crippen LogP contribution in [0.15, 0.2) is 36.9 Å². The third-order valence-corrected chi connectivity index (χ3v) is 5.24. The van der Waals surface area contributed by atoms with Crippen molar-refractivity contribution in [3.05, 3.63) is 48.3 Å². The lowest BCUT2D eigenvalue weighted by Gasteiger charge is -2.51. The molecule has 2 fully saturated rings. The first-order valence-electron chi connectivity index (χ1n) is 8.55. The van der Waals surface area contributed by atoms with E-state index in [0.717, 1.165) is 38.2 Å². The summed E-state index contributed by atoms with van der Waals surface area (Å²) in [6.45, 7) is 4.20. The quantitative estimate of drug-likeness (QED) is 0.824. The van der Waals surface area contributed by atoms with Crippen LogP contribution in [-0.2, 0) is 11.3 Å². The maximum Gasteiger partial charge on any atom is 0.225 e. The third-order valence-electron chi connectivity index (χ3n) is 5.24. The molecule has 1 atom stereocenters. The van der Waals surface area contributed by atoms with Crippen LogP contribution in [0.2, 0.25) is 0 Å². The predicted octanol–water partition coefficient (Wildman–Crippen LogP) is 1.74. The molecule has 6 nitrogen and oxygen atoms in total. The number of pyridine rings is 1. The van der Waals surface area contributed by atoms with E-state index in [2.05, 4.69) is 31.8 Å². The van der Waals surface area contributed by atoms with Gasteiger partial charge in [0.25, 0.3) is 0 Å². The number of likely N-dealkylation sites (N-methyl/N-ethyl adjacent to an activating group) is 1. The smallest absolute Gasteiger partial charge is 0.225 e. The summed E-state index contributed by atoms with van der Waals surface area (Å²) in [6, 6.07) is 3.96. The number of halogens is 1. The van der Waals surface area contributed by atoms with Crippen molar-refractivity contribution in [2.45, 2.75) is 18.6 Å². The first kappa shape index (κ1) is 16.4. The Morgan fingerprint density at radius 2 is 1.96 bits per heavy atom. The molecule has 0 aromatic carbocycles. The van der Waals surface area contributed by atoms with Crippen molar-refractivity contribution in [2.75, 3.05) is 38.2 Å². The first-order chi connectivity index (χ1) is 12.1. The topological polar surface area (TPSA) is 54.4 Å². The second kappa shape index (κ2) is 6.65. The molecule has 0 amide bonds. The zero-order valence-electron chi connectivity index (χ0n) is 14.3. The van der Waals surface area contributed by atoms with Crippen LogP contribution in [0.1, 0.15) is 12.0 Å². The van der Waals surface area contributed by atoms with Gasteiger partial charge in [-0.25, -0.2) is 14.4 Å². The molecule has 4 rings (SSSR count). The van der Waals surface area contributed by atoms with Crippen LogP contribution < -0.4 is 4.90 Å². The average Bonchev–Trinajstić information content (AvgIpc) is 2.92. The van der Waals surface area contributed by atoms with Gasteiger partial charge in [0, 0.05) is 32.0 Å². The summed E-state index contributed by atoms with van der Waals surface area (Å²) in [5.41, 5.74) is 1.32. The van der Waals surface area contributed by atoms with E-state index in [1.54, 1.807) is 12.4 Å². The van der Waals surface area contributed by atoms with Crippen molar-refractivity contribution in [2.24, 2.45) is 5.92 Å². The van der Waals surface area contributed by atoms with Gasteiger partial charge in [-0.15, -0.1) is 0 Å². The second-order valence-corrected chi connectivity index (χ2v) is 7.10. The van der Waals surface area contributed by atoms with Crippen molar-refractivity contribution in [3.8, 4) is 0 Å².